The zero-order valence-corrected chi connectivity index (χ0v) is 12.9. The first-order chi connectivity index (χ1) is 9.02. The molecule has 0 radical (unpaired) electrons. The average molecular weight is 302 g/mol. The minimum absolute atomic E-state index is 0.0160. The van der Waals surface area contributed by atoms with Crippen LogP contribution in [0.4, 0.5) is 11.4 Å². The third-order valence-corrected chi connectivity index (χ3v) is 3.61. The summed E-state index contributed by atoms with van der Waals surface area (Å²) in [4.78, 5) is 13.9. The molecule has 0 heterocycles. The van der Waals surface area contributed by atoms with Gasteiger partial charge in [-0.1, -0.05) is 11.6 Å². The topological polar surface area (TPSA) is 58.4 Å². The van der Waals surface area contributed by atoms with E-state index >= 15 is 0 Å². The van der Waals surface area contributed by atoms with E-state index in [9.17, 15) is 4.79 Å². The largest absolute Gasteiger partial charge is 0.397 e. The fourth-order valence-electron chi connectivity index (χ4n) is 1.50. The van der Waals surface area contributed by atoms with Gasteiger partial charge in [0.1, 0.15) is 0 Å². The van der Waals surface area contributed by atoms with Crippen LogP contribution in [0, 0.1) is 0 Å². The molecule has 0 atom stereocenters. The van der Waals surface area contributed by atoms with Gasteiger partial charge in [-0.2, -0.15) is 11.8 Å². The van der Waals surface area contributed by atoms with Crippen LogP contribution in [0.15, 0.2) is 18.2 Å². The Morgan fingerprint density at radius 1 is 1.47 bits per heavy atom. The Kier molecular flexibility index (Phi) is 7.05. The van der Waals surface area contributed by atoms with Gasteiger partial charge in [-0.05, 0) is 31.5 Å². The molecule has 0 aliphatic carbocycles. The number of thioether (sulfide) groups is 1. The molecule has 106 valence electrons. The molecule has 3 N–H and O–H groups in total. The number of nitrogens with zero attached hydrogens (tertiary/aromatic N) is 1. The zero-order valence-electron chi connectivity index (χ0n) is 11.3. The third-order valence-electron chi connectivity index (χ3n) is 2.68. The number of nitrogens with one attached hydrogen (secondary N) is 1. The Morgan fingerprint density at radius 2 is 2.21 bits per heavy atom. The molecular formula is C13H20ClN3OS. The summed E-state index contributed by atoms with van der Waals surface area (Å²) in [5, 5.41) is 3.31. The highest BCUT2D eigenvalue weighted by molar-refractivity contribution is 7.98. The van der Waals surface area contributed by atoms with Crippen molar-refractivity contribution in [3.63, 3.8) is 0 Å². The summed E-state index contributed by atoms with van der Waals surface area (Å²) < 4.78 is 0. The molecule has 0 fully saturated rings. The predicted molar refractivity (Wildman–Crippen MR) is 85.0 cm³/mol. The monoisotopic (exact) mass is 301 g/mol. The molecule has 0 spiro atoms. The lowest BCUT2D eigenvalue weighted by Gasteiger charge is -2.15. The normalized spacial score (nSPS) is 10.7. The molecule has 6 heteroatoms. The molecule has 0 saturated heterocycles. The van der Waals surface area contributed by atoms with Crippen molar-refractivity contribution in [2.24, 2.45) is 0 Å². The number of halogens is 1. The van der Waals surface area contributed by atoms with Gasteiger partial charge in [0.2, 0.25) is 5.91 Å². The minimum atomic E-state index is -0.0160. The van der Waals surface area contributed by atoms with Gasteiger partial charge in [0.25, 0.3) is 0 Å². The number of anilines is 2. The Balaban J connectivity index is 2.36. The van der Waals surface area contributed by atoms with Crippen LogP contribution < -0.4 is 11.1 Å². The van der Waals surface area contributed by atoms with Crippen molar-refractivity contribution in [3.05, 3.63) is 23.2 Å². The van der Waals surface area contributed by atoms with Crippen molar-refractivity contribution in [2.75, 3.05) is 43.2 Å². The van der Waals surface area contributed by atoms with Crippen LogP contribution in [0.3, 0.4) is 0 Å². The van der Waals surface area contributed by atoms with Crippen LogP contribution in [-0.2, 0) is 4.79 Å². The van der Waals surface area contributed by atoms with Crippen molar-refractivity contribution in [1.29, 1.82) is 0 Å². The molecular weight excluding hydrogens is 282 g/mol. The van der Waals surface area contributed by atoms with Crippen molar-refractivity contribution in [3.8, 4) is 0 Å². The molecule has 1 aromatic rings. The van der Waals surface area contributed by atoms with E-state index < -0.39 is 0 Å². The summed E-state index contributed by atoms with van der Waals surface area (Å²) in [5.41, 5.74) is 6.83. The van der Waals surface area contributed by atoms with Crippen molar-refractivity contribution < 1.29 is 4.79 Å². The van der Waals surface area contributed by atoms with Crippen LogP contribution >= 0.6 is 23.4 Å². The molecule has 1 aromatic carbocycles. The van der Waals surface area contributed by atoms with Crippen LogP contribution in [0.25, 0.3) is 0 Å². The first kappa shape index (κ1) is 16.1. The van der Waals surface area contributed by atoms with E-state index in [-0.39, 0.29) is 5.91 Å². The highest BCUT2D eigenvalue weighted by Gasteiger charge is 2.06. The second-order valence-electron chi connectivity index (χ2n) is 4.33. The summed E-state index contributed by atoms with van der Waals surface area (Å²) in [7, 11) is 2.02. The van der Waals surface area contributed by atoms with Crippen molar-refractivity contribution in [2.45, 2.75) is 6.42 Å². The van der Waals surface area contributed by atoms with Gasteiger partial charge in [-0.25, -0.2) is 0 Å². The van der Waals surface area contributed by atoms with E-state index in [1.807, 2.05) is 7.05 Å². The maximum absolute atomic E-state index is 11.8. The fourth-order valence-corrected chi connectivity index (χ4v) is 2.11. The molecule has 1 rings (SSSR count). The molecule has 0 saturated carbocycles. The first-order valence-corrected chi connectivity index (χ1v) is 7.82. The Hall–Kier alpha value is -0.910. The lowest BCUT2D eigenvalue weighted by molar-refractivity contribution is -0.116. The number of hydrogen-bond donors (Lipinski definition) is 2. The molecule has 1 amide bonds. The maximum Gasteiger partial charge on any atom is 0.225 e. The first-order valence-electron chi connectivity index (χ1n) is 6.05. The second-order valence-corrected chi connectivity index (χ2v) is 5.72. The summed E-state index contributed by atoms with van der Waals surface area (Å²) >= 11 is 7.62. The van der Waals surface area contributed by atoms with E-state index in [0.29, 0.717) is 22.8 Å². The lowest BCUT2D eigenvalue weighted by Crippen LogP contribution is -2.26. The van der Waals surface area contributed by atoms with Gasteiger partial charge in [0, 0.05) is 31.0 Å². The Bertz CT molecular complexity index is 428. The average Bonchev–Trinajstić information content (AvgIpc) is 2.38. The molecule has 0 aliphatic rings. The van der Waals surface area contributed by atoms with Gasteiger partial charge >= 0.3 is 0 Å². The molecule has 4 nitrogen and oxygen atoms in total. The predicted octanol–water partition coefficient (Wildman–Crippen LogP) is 2.55. The van der Waals surface area contributed by atoms with Crippen LogP contribution in [0.5, 0.6) is 0 Å². The van der Waals surface area contributed by atoms with Gasteiger partial charge in [-0.15, -0.1) is 0 Å². The highest BCUT2D eigenvalue weighted by Crippen LogP contribution is 2.22. The zero-order chi connectivity index (χ0) is 14.3. The standard InChI is InChI=1S/C13H20ClN3OS/c1-17(7-8-19-2)6-5-13(18)16-10-3-4-11(14)12(15)9-10/h3-4,9H,5-8,15H2,1-2H3,(H,16,18). The van der Waals surface area contributed by atoms with Crippen LogP contribution in [0.1, 0.15) is 6.42 Å². The number of nitrogens with two attached hydrogens (primary N) is 1. The molecule has 0 unspecified atom stereocenters. The maximum atomic E-state index is 11.8. The van der Waals surface area contributed by atoms with E-state index in [1.54, 1.807) is 30.0 Å². The van der Waals surface area contributed by atoms with Crippen molar-refractivity contribution in [1.82, 2.24) is 4.90 Å². The van der Waals surface area contributed by atoms with E-state index in [1.165, 1.54) is 0 Å². The number of carbonyl (C=O) groups excluding carboxylic acids is 1. The number of benzene rings is 1. The van der Waals surface area contributed by atoms with Gasteiger partial charge in [-0.3, -0.25) is 4.79 Å². The number of nitrogen functional groups attached to an aromatic ring is 1. The minimum Gasteiger partial charge on any atom is -0.397 e. The van der Waals surface area contributed by atoms with E-state index in [0.717, 1.165) is 18.8 Å². The smallest absolute Gasteiger partial charge is 0.225 e. The van der Waals surface area contributed by atoms with Gasteiger partial charge in [0.15, 0.2) is 0 Å². The van der Waals surface area contributed by atoms with E-state index in [2.05, 4.69) is 16.5 Å². The highest BCUT2D eigenvalue weighted by atomic mass is 35.5. The summed E-state index contributed by atoms with van der Waals surface area (Å²) in [6.45, 7) is 1.73. The second kappa shape index (κ2) is 8.30. The quantitative estimate of drug-likeness (QED) is 0.760. The summed E-state index contributed by atoms with van der Waals surface area (Å²) in [6, 6.07) is 5.09. The summed E-state index contributed by atoms with van der Waals surface area (Å²) in [5.74, 6) is 1.06. The Morgan fingerprint density at radius 3 is 2.84 bits per heavy atom. The van der Waals surface area contributed by atoms with Crippen molar-refractivity contribution >= 4 is 40.6 Å². The number of rotatable bonds is 7. The van der Waals surface area contributed by atoms with E-state index in [4.69, 9.17) is 17.3 Å². The lowest BCUT2D eigenvalue weighted by atomic mass is 10.2. The number of hydrogen-bond acceptors (Lipinski definition) is 4. The number of carbonyl (C=O) groups is 1. The fraction of sp³-hybridized carbons (Fsp3) is 0.462. The van der Waals surface area contributed by atoms with Gasteiger partial charge in [0.05, 0.1) is 10.7 Å². The number of amides is 1. The molecule has 0 aromatic heterocycles. The van der Waals surface area contributed by atoms with Crippen LogP contribution in [0.2, 0.25) is 5.02 Å². The third kappa shape index (κ3) is 6.18. The van der Waals surface area contributed by atoms with Gasteiger partial charge < -0.3 is 16.0 Å². The summed E-state index contributed by atoms with van der Waals surface area (Å²) in [6.07, 6.45) is 2.54. The Labute approximate surface area is 123 Å². The van der Waals surface area contributed by atoms with Crippen LogP contribution in [-0.4, -0.2) is 43.0 Å². The molecule has 0 bridgehead atoms. The molecule has 0 aliphatic heterocycles. The SMILES string of the molecule is CSCCN(C)CCC(=O)Nc1ccc(Cl)c(N)c1. The molecule has 19 heavy (non-hydrogen) atoms.